The molecule has 0 aliphatic heterocycles. The molecule has 1 rings (SSSR count). The van der Waals surface area contributed by atoms with Crippen LogP contribution in [-0.2, 0) is 0 Å². The number of terminal acetylenes is 1. The number of aromatic carboxylic acids is 1. The van der Waals surface area contributed by atoms with Crippen LogP contribution in [0.2, 0.25) is 0 Å². The first kappa shape index (κ1) is 17.5. The van der Waals surface area contributed by atoms with Gasteiger partial charge in [0.25, 0.3) is 0 Å². The molecule has 0 unspecified atom stereocenters. The SMILES string of the molecule is C#CCCCCNC(=O)Nc1c(Br)cc(Br)cc1C(=O)O. The van der Waals surface area contributed by atoms with Crippen LogP contribution in [0.4, 0.5) is 10.5 Å². The highest BCUT2D eigenvalue weighted by Crippen LogP contribution is 2.30. The fourth-order valence-electron chi connectivity index (χ4n) is 1.58. The van der Waals surface area contributed by atoms with Gasteiger partial charge in [-0.2, -0.15) is 0 Å². The first-order chi connectivity index (χ1) is 9.95. The number of amides is 2. The summed E-state index contributed by atoms with van der Waals surface area (Å²) in [5.41, 5.74) is 0.213. The third-order valence-electron chi connectivity index (χ3n) is 2.56. The number of carbonyl (C=O) groups excluding carboxylic acids is 1. The predicted molar refractivity (Wildman–Crippen MR) is 88.5 cm³/mol. The van der Waals surface area contributed by atoms with Crippen LogP contribution in [0.15, 0.2) is 21.1 Å². The van der Waals surface area contributed by atoms with Crippen molar-refractivity contribution in [3.05, 3.63) is 26.6 Å². The van der Waals surface area contributed by atoms with E-state index in [2.05, 4.69) is 48.4 Å². The zero-order valence-electron chi connectivity index (χ0n) is 11.1. The molecule has 0 spiro atoms. The van der Waals surface area contributed by atoms with Crippen molar-refractivity contribution in [2.24, 2.45) is 0 Å². The van der Waals surface area contributed by atoms with Gasteiger partial charge in [0.1, 0.15) is 0 Å². The van der Waals surface area contributed by atoms with Crippen LogP contribution < -0.4 is 10.6 Å². The van der Waals surface area contributed by atoms with Gasteiger partial charge >= 0.3 is 12.0 Å². The third-order valence-corrected chi connectivity index (χ3v) is 3.64. The first-order valence-corrected chi connectivity index (χ1v) is 7.75. The van der Waals surface area contributed by atoms with Crippen LogP contribution in [0.1, 0.15) is 29.6 Å². The average molecular weight is 418 g/mol. The van der Waals surface area contributed by atoms with Crippen LogP contribution >= 0.6 is 31.9 Å². The Morgan fingerprint density at radius 3 is 2.62 bits per heavy atom. The number of carboxylic acid groups (broad SMARTS) is 1. The number of urea groups is 1. The summed E-state index contributed by atoms with van der Waals surface area (Å²) in [6, 6.07) is 2.63. The predicted octanol–water partition coefficient (Wildman–Crippen LogP) is 3.83. The third kappa shape index (κ3) is 5.78. The Morgan fingerprint density at radius 1 is 1.29 bits per heavy atom. The quantitative estimate of drug-likeness (QED) is 0.486. The molecule has 0 aromatic heterocycles. The average Bonchev–Trinajstić information content (AvgIpc) is 2.41. The zero-order valence-corrected chi connectivity index (χ0v) is 14.3. The summed E-state index contributed by atoms with van der Waals surface area (Å²) in [6.45, 7) is 0.476. The van der Waals surface area contributed by atoms with Gasteiger partial charge < -0.3 is 15.7 Å². The summed E-state index contributed by atoms with van der Waals surface area (Å²) in [7, 11) is 0. The lowest BCUT2D eigenvalue weighted by Crippen LogP contribution is -2.30. The van der Waals surface area contributed by atoms with Crippen LogP contribution in [0.5, 0.6) is 0 Å². The van der Waals surface area contributed by atoms with Gasteiger partial charge in [0.15, 0.2) is 0 Å². The van der Waals surface area contributed by atoms with E-state index in [1.165, 1.54) is 6.07 Å². The van der Waals surface area contributed by atoms with E-state index in [1.54, 1.807) is 6.07 Å². The van der Waals surface area contributed by atoms with Crippen molar-refractivity contribution in [1.29, 1.82) is 0 Å². The van der Waals surface area contributed by atoms with Crippen molar-refractivity contribution in [3.63, 3.8) is 0 Å². The summed E-state index contributed by atoms with van der Waals surface area (Å²) < 4.78 is 1.09. The number of carbonyl (C=O) groups is 2. The summed E-state index contributed by atoms with van der Waals surface area (Å²) >= 11 is 6.45. The molecule has 0 saturated heterocycles. The maximum Gasteiger partial charge on any atom is 0.337 e. The lowest BCUT2D eigenvalue weighted by molar-refractivity contribution is 0.0698. The van der Waals surface area contributed by atoms with Gasteiger partial charge in [0.05, 0.1) is 11.3 Å². The van der Waals surface area contributed by atoms with Crippen molar-refractivity contribution < 1.29 is 14.7 Å². The highest BCUT2D eigenvalue weighted by Gasteiger charge is 2.16. The lowest BCUT2D eigenvalue weighted by Gasteiger charge is -2.12. The van der Waals surface area contributed by atoms with E-state index in [4.69, 9.17) is 11.5 Å². The molecule has 1 aromatic carbocycles. The summed E-state index contributed by atoms with van der Waals surface area (Å²) in [5.74, 6) is 1.40. The molecule has 2 amide bonds. The normalized spacial score (nSPS) is 9.76. The minimum atomic E-state index is -1.12. The number of rotatable bonds is 6. The molecule has 0 radical (unpaired) electrons. The molecule has 112 valence electrons. The monoisotopic (exact) mass is 416 g/mol. The van der Waals surface area contributed by atoms with Crippen molar-refractivity contribution in [1.82, 2.24) is 5.32 Å². The smallest absolute Gasteiger partial charge is 0.337 e. The molecule has 3 N–H and O–H groups in total. The van der Waals surface area contributed by atoms with Gasteiger partial charge in [-0.1, -0.05) is 15.9 Å². The number of hydrogen-bond donors (Lipinski definition) is 3. The lowest BCUT2D eigenvalue weighted by atomic mass is 10.2. The highest BCUT2D eigenvalue weighted by molar-refractivity contribution is 9.11. The summed E-state index contributed by atoms with van der Waals surface area (Å²) in [4.78, 5) is 23.0. The van der Waals surface area contributed by atoms with Crippen molar-refractivity contribution >= 4 is 49.5 Å². The Hall–Kier alpha value is -1.52. The van der Waals surface area contributed by atoms with E-state index in [1.807, 2.05) is 0 Å². The van der Waals surface area contributed by atoms with Crippen molar-refractivity contribution in [3.8, 4) is 12.3 Å². The second kappa shape index (κ2) is 8.70. The molecule has 21 heavy (non-hydrogen) atoms. The molecule has 7 heteroatoms. The maximum atomic E-state index is 11.8. The Balaban J connectivity index is 2.68. The molecule has 1 aromatic rings. The molecule has 0 aliphatic rings. The Kier molecular flexibility index (Phi) is 7.26. The van der Waals surface area contributed by atoms with Crippen molar-refractivity contribution in [2.75, 3.05) is 11.9 Å². The van der Waals surface area contributed by atoms with E-state index in [-0.39, 0.29) is 11.3 Å². The number of halogens is 2. The van der Waals surface area contributed by atoms with E-state index < -0.39 is 12.0 Å². The van der Waals surface area contributed by atoms with E-state index in [0.29, 0.717) is 21.9 Å². The van der Waals surface area contributed by atoms with E-state index in [9.17, 15) is 9.59 Å². The molecule has 0 atom stereocenters. The van der Waals surface area contributed by atoms with Gasteiger partial charge in [-0.15, -0.1) is 12.3 Å². The fraction of sp³-hybridized carbons (Fsp3) is 0.286. The number of carboxylic acids is 1. The van der Waals surface area contributed by atoms with Gasteiger partial charge in [0.2, 0.25) is 0 Å². The van der Waals surface area contributed by atoms with Crippen LogP contribution in [0.25, 0.3) is 0 Å². The highest BCUT2D eigenvalue weighted by atomic mass is 79.9. The molecular formula is C14H14Br2N2O3. The number of benzene rings is 1. The second-order valence-electron chi connectivity index (χ2n) is 4.16. The Morgan fingerprint density at radius 2 is 2.00 bits per heavy atom. The molecular weight excluding hydrogens is 404 g/mol. The first-order valence-electron chi connectivity index (χ1n) is 6.16. The molecule has 0 aliphatic carbocycles. The zero-order chi connectivity index (χ0) is 15.8. The Labute approximate surface area is 139 Å². The van der Waals surface area contributed by atoms with Gasteiger partial charge in [0, 0.05) is 21.9 Å². The van der Waals surface area contributed by atoms with Gasteiger partial charge in [-0.25, -0.2) is 9.59 Å². The Bertz CT molecular complexity index is 582. The topological polar surface area (TPSA) is 78.4 Å². The molecule has 0 bridgehead atoms. The summed E-state index contributed by atoms with van der Waals surface area (Å²) in [5, 5.41) is 14.4. The largest absolute Gasteiger partial charge is 0.478 e. The number of unbranched alkanes of at least 4 members (excludes halogenated alkanes) is 2. The van der Waals surface area contributed by atoms with Gasteiger partial charge in [-0.3, -0.25) is 0 Å². The molecule has 5 nitrogen and oxygen atoms in total. The fourth-order valence-corrected chi connectivity index (χ4v) is 2.91. The molecule has 0 heterocycles. The van der Waals surface area contributed by atoms with E-state index in [0.717, 1.165) is 12.8 Å². The number of anilines is 1. The van der Waals surface area contributed by atoms with Crippen LogP contribution in [0.3, 0.4) is 0 Å². The molecule has 0 saturated carbocycles. The van der Waals surface area contributed by atoms with Gasteiger partial charge in [-0.05, 0) is 40.9 Å². The minimum absolute atomic E-state index is 0.00117. The standard InChI is InChI=1S/C14H14Br2N2O3/c1-2-3-4-5-6-17-14(21)18-12-10(13(19)20)7-9(15)8-11(12)16/h1,7-8H,3-6H2,(H,19,20)(H2,17,18,21). The molecule has 0 fully saturated rings. The summed E-state index contributed by atoms with van der Waals surface area (Å²) in [6.07, 6.45) is 7.40. The van der Waals surface area contributed by atoms with Crippen LogP contribution in [-0.4, -0.2) is 23.7 Å². The number of nitrogens with one attached hydrogen (secondary N) is 2. The van der Waals surface area contributed by atoms with Crippen molar-refractivity contribution in [2.45, 2.75) is 19.3 Å². The number of hydrogen-bond acceptors (Lipinski definition) is 2. The van der Waals surface area contributed by atoms with E-state index >= 15 is 0 Å². The van der Waals surface area contributed by atoms with Crippen LogP contribution in [0, 0.1) is 12.3 Å². The second-order valence-corrected chi connectivity index (χ2v) is 5.93. The maximum absolute atomic E-state index is 11.8. The minimum Gasteiger partial charge on any atom is -0.478 e.